The molecule has 1 fully saturated rings. The van der Waals surface area contributed by atoms with Gasteiger partial charge in [-0.2, -0.15) is 13.5 Å². The first-order valence-electron chi connectivity index (χ1n) is 12.6. The van der Waals surface area contributed by atoms with Gasteiger partial charge in [-0.3, -0.25) is 14.9 Å². The number of anilines is 1. The zero-order valence-corrected chi connectivity index (χ0v) is 23.8. The second kappa shape index (κ2) is 13.7. The van der Waals surface area contributed by atoms with Crippen molar-refractivity contribution in [3.8, 4) is 17.2 Å². The maximum Gasteiger partial charge on any atom is 0.397 e. The van der Waals surface area contributed by atoms with Crippen LogP contribution in [0.2, 0.25) is 10.0 Å². The van der Waals surface area contributed by atoms with Gasteiger partial charge in [0, 0.05) is 18.1 Å². The van der Waals surface area contributed by atoms with E-state index in [1.807, 2.05) is 0 Å². The highest BCUT2D eigenvalue weighted by atomic mass is 35.5. The van der Waals surface area contributed by atoms with Crippen LogP contribution in [0.3, 0.4) is 0 Å². The standard InChI is InChI=1S/C27H23Cl2F2N3O9/c1-40-23-9-16(34(38)39)5-6-20(23)32-25(35)26(36)42-22(10-17-18(28)11-33(37)12-19(17)29)15-4-7-21(43-27(30)31)24(8-15)41-13-14-2-3-14/h4-9,11-12,14,22,27H,2-3,10,13H2,1H3,(H,32,35). The topological polar surface area (TPSA) is 153 Å². The molecule has 3 aromatic rings. The summed E-state index contributed by atoms with van der Waals surface area (Å²) in [6, 6.07) is 7.18. The van der Waals surface area contributed by atoms with Crippen LogP contribution < -0.4 is 24.3 Å². The van der Waals surface area contributed by atoms with Crippen LogP contribution in [0.25, 0.3) is 0 Å². The fraction of sp³-hybridized carbons (Fsp3) is 0.296. The Morgan fingerprint density at radius 1 is 1.09 bits per heavy atom. The highest BCUT2D eigenvalue weighted by molar-refractivity contribution is 6.37. The molecule has 1 aromatic heterocycles. The van der Waals surface area contributed by atoms with Crippen molar-refractivity contribution in [2.75, 3.05) is 19.0 Å². The number of rotatable bonds is 12. The molecule has 2 aromatic carbocycles. The average molecular weight is 642 g/mol. The van der Waals surface area contributed by atoms with Crippen LogP contribution in [0, 0.1) is 21.2 Å². The number of non-ortho nitro benzene ring substituents is 1. The Labute approximate surface area is 252 Å². The van der Waals surface area contributed by atoms with Gasteiger partial charge in [0.25, 0.3) is 5.69 Å². The van der Waals surface area contributed by atoms with E-state index in [9.17, 15) is 33.7 Å². The summed E-state index contributed by atoms with van der Waals surface area (Å²) in [7, 11) is 1.21. The van der Waals surface area contributed by atoms with E-state index in [1.54, 1.807) is 0 Å². The molecule has 16 heteroatoms. The Morgan fingerprint density at radius 2 is 1.79 bits per heavy atom. The molecular formula is C27H23Cl2F2N3O9. The molecule has 228 valence electrons. The van der Waals surface area contributed by atoms with Crippen LogP contribution in [-0.2, 0) is 20.7 Å². The SMILES string of the molecule is COc1cc([N+](=O)[O-])ccc1NC(=O)C(=O)OC(Cc1c(Cl)c[n+]([O-])cc1Cl)c1ccc(OC(F)F)c(OCC2CC2)c1. The number of nitrogens with one attached hydrogen (secondary N) is 1. The summed E-state index contributed by atoms with van der Waals surface area (Å²) in [5.41, 5.74) is 0.0315. The Bertz CT molecular complexity index is 1520. The maximum atomic E-state index is 13.0. The summed E-state index contributed by atoms with van der Waals surface area (Å²) in [5, 5.41) is 24.9. The van der Waals surface area contributed by atoms with Crippen molar-refractivity contribution in [3.63, 3.8) is 0 Å². The number of ether oxygens (including phenoxy) is 4. The number of aromatic nitrogens is 1. The van der Waals surface area contributed by atoms with E-state index in [1.165, 1.54) is 31.4 Å². The van der Waals surface area contributed by atoms with E-state index in [0.717, 1.165) is 37.4 Å². The largest absolute Gasteiger partial charge is 0.619 e. The number of carbonyl (C=O) groups is 2. The number of hydrogen-bond donors (Lipinski definition) is 1. The van der Waals surface area contributed by atoms with E-state index in [0.29, 0.717) is 4.73 Å². The Balaban J connectivity index is 1.64. The quantitative estimate of drug-likeness (QED) is 0.0684. The molecule has 0 saturated heterocycles. The van der Waals surface area contributed by atoms with E-state index in [2.05, 4.69) is 10.1 Å². The van der Waals surface area contributed by atoms with Gasteiger partial charge in [-0.1, -0.05) is 29.3 Å². The minimum absolute atomic E-state index is 0.0477. The van der Waals surface area contributed by atoms with E-state index in [-0.39, 0.29) is 68.7 Å². The third-order valence-electron chi connectivity index (χ3n) is 6.25. The van der Waals surface area contributed by atoms with Crippen molar-refractivity contribution >= 4 is 46.5 Å². The highest BCUT2D eigenvalue weighted by Crippen LogP contribution is 2.38. The minimum Gasteiger partial charge on any atom is -0.619 e. The number of alkyl halides is 2. The number of esters is 1. The number of carbonyl (C=O) groups excluding carboxylic acids is 2. The van der Waals surface area contributed by atoms with Crippen molar-refractivity contribution in [2.45, 2.75) is 32.0 Å². The molecule has 1 N–H and O–H groups in total. The Morgan fingerprint density at radius 3 is 2.40 bits per heavy atom. The van der Waals surface area contributed by atoms with Gasteiger partial charge in [-0.05, 0) is 42.5 Å². The normalized spacial score (nSPS) is 13.3. The molecule has 1 heterocycles. The lowest BCUT2D eigenvalue weighted by Crippen LogP contribution is -2.28. The first-order chi connectivity index (χ1) is 20.4. The Kier molecular flexibility index (Phi) is 10.0. The van der Waals surface area contributed by atoms with Gasteiger partial charge < -0.3 is 29.5 Å². The Hall–Kier alpha value is -4.43. The molecule has 0 radical (unpaired) electrons. The van der Waals surface area contributed by atoms with Crippen LogP contribution >= 0.6 is 23.2 Å². The molecule has 1 aliphatic rings. The zero-order valence-electron chi connectivity index (χ0n) is 22.3. The van der Waals surface area contributed by atoms with Gasteiger partial charge in [0.05, 0.1) is 30.4 Å². The van der Waals surface area contributed by atoms with Crippen LogP contribution in [0.5, 0.6) is 17.2 Å². The number of benzene rings is 2. The predicted octanol–water partition coefficient (Wildman–Crippen LogP) is 5.40. The van der Waals surface area contributed by atoms with Gasteiger partial charge >= 0.3 is 18.5 Å². The number of nitrogens with zero attached hydrogens (tertiary/aromatic N) is 2. The minimum atomic E-state index is -3.14. The fourth-order valence-corrected chi connectivity index (χ4v) is 4.51. The number of methoxy groups -OCH3 is 1. The van der Waals surface area contributed by atoms with Gasteiger partial charge in [0.15, 0.2) is 23.9 Å². The van der Waals surface area contributed by atoms with Crippen LogP contribution in [0.4, 0.5) is 20.2 Å². The smallest absolute Gasteiger partial charge is 0.397 e. The van der Waals surface area contributed by atoms with Crippen LogP contribution in [0.15, 0.2) is 48.8 Å². The summed E-state index contributed by atoms with van der Waals surface area (Å²) < 4.78 is 47.3. The molecule has 0 bridgehead atoms. The van der Waals surface area contributed by atoms with Crippen molar-refractivity contribution in [2.24, 2.45) is 5.92 Å². The van der Waals surface area contributed by atoms with Gasteiger partial charge in [0.2, 0.25) is 0 Å². The number of amides is 1. The maximum absolute atomic E-state index is 13.0. The lowest BCUT2D eigenvalue weighted by atomic mass is 10.0. The van der Waals surface area contributed by atoms with Gasteiger partial charge in [-0.15, -0.1) is 0 Å². The summed E-state index contributed by atoms with van der Waals surface area (Å²) in [6.07, 6.45) is 2.36. The monoisotopic (exact) mass is 641 g/mol. The second-order valence-electron chi connectivity index (χ2n) is 9.33. The molecule has 4 rings (SSSR count). The average Bonchev–Trinajstić information content (AvgIpc) is 3.78. The third kappa shape index (κ3) is 8.32. The van der Waals surface area contributed by atoms with Crippen LogP contribution in [0.1, 0.15) is 30.1 Å². The number of nitro groups is 1. The molecule has 0 spiro atoms. The molecule has 0 aliphatic heterocycles. The first-order valence-corrected chi connectivity index (χ1v) is 13.3. The summed E-state index contributed by atoms with van der Waals surface area (Å²) >= 11 is 12.5. The number of hydrogen-bond acceptors (Lipinski definition) is 9. The van der Waals surface area contributed by atoms with E-state index >= 15 is 0 Å². The van der Waals surface area contributed by atoms with Crippen molar-refractivity contribution in [1.29, 1.82) is 0 Å². The first kappa shape index (κ1) is 31.5. The summed E-state index contributed by atoms with van der Waals surface area (Å²) in [4.78, 5) is 36.2. The van der Waals surface area contributed by atoms with E-state index < -0.39 is 29.5 Å². The zero-order chi connectivity index (χ0) is 31.3. The summed E-state index contributed by atoms with van der Waals surface area (Å²) in [5.74, 6) is -2.78. The molecular weight excluding hydrogens is 619 g/mol. The van der Waals surface area contributed by atoms with Gasteiger partial charge in [-0.25, -0.2) is 4.79 Å². The molecule has 1 unspecified atom stereocenters. The molecule has 12 nitrogen and oxygen atoms in total. The van der Waals surface area contributed by atoms with Gasteiger partial charge in [0.1, 0.15) is 21.9 Å². The van der Waals surface area contributed by atoms with Crippen LogP contribution in [-0.4, -0.2) is 37.1 Å². The molecule has 1 saturated carbocycles. The lowest BCUT2D eigenvalue weighted by Gasteiger charge is -2.21. The van der Waals surface area contributed by atoms with Crippen molar-refractivity contribution < 1.29 is 47.0 Å². The van der Waals surface area contributed by atoms with E-state index in [4.69, 9.17) is 37.4 Å². The van der Waals surface area contributed by atoms with Crippen molar-refractivity contribution in [1.82, 2.24) is 0 Å². The highest BCUT2D eigenvalue weighted by Gasteiger charge is 2.29. The summed E-state index contributed by atoms with van der Waals surface area (Å²) in [6.45, 7) is -2.89. The number of pyridine rings is 1. The third-order valence-corrected chi connectivity index (χ3v) is 6.90. The molecule has 1 atom stereocenters. The second-order valence-corrected chi connectivity index (χ2v) is 10.1. The molecule has 43 heavy (non-hydrogen) atoms. The van der Waals surface area contributed by atoms with Crippen molar-refractivity contribution in [3.05, 3.63) is 85.3 Å². The lowest BCUT2D eigenvalue weighted by molar-refractivity contribution is -0.605. The predicted molar refractivity (Wildman–Crippen MR) is 148 cm³/mol. The molecule has 1 aliphatic carbocycles. The number of nitro benzene ring substituents is 1. The fourth-order valence-electron chi connectivity index (χ4n) is 3.91. The molecule has 1 amide bonds. The number of halogens is 4.